The highest BCUT2D eigenvalue weighted by atomic mass is 16.5. The summed E-state index contributed by atoms with van der Waals surface area (Å²) in [7, 11) is 0. The van der Waals surface area contributed by atoms with E-state index in [4.69, 9.17) is 4.74 Å². The van der Waals surface area contributed by atoms with Crippen LogP contribution in [0.25, 0.3) is 11.1 Å². The summed E-state index contributed by atoms with van der Waals surface area (Å²) < 4.78 is 5.56. The van der Waals surface area contributed by atoms with E-state index in [0.29, 0.717) is 17.6 Å². The van der Waals surface area contributed by atoms with Gasteiger partial charge in [-0.25, -0.2) is 0 Å². The quantitative estimate of drug-likeness (QED) is 0.400. The predicted octanol–water partition coefficient (Wildman–Crippen LogP) is 6.33. The number of rotatable bonds is 10. The molecule has 1 aliphatic heterocycles. The standard InChI is InChI=1S/C30H39NO2/c1-2-3-4-5-9-12-28-27(23-29(32)30(28)31-19-21-33-22-20-31)18-15-24-13-16-26(17-14-24)25-10-7-6-8-11-25/h4-8,10-11,13-14,16-17,27-28,30H,2-3,9,12,15,18-23H2,1H3/b5-4-/t27-,28-,30+/m0/s1. The molecule has 0 unspecified atom stereocenters. The monoisotopic (exact) mass is 445 g/mol. The van der Waals surface area contributed by atoms with E-state index in [1.807, 2.05) is 0 Å². The second kappa shape index (κ2) is 12.3. The average Bonchev–Trinajstić information content (AvgIpc) is 3.18. The Labute approximate surface area is 199 Å². The molecule has 0 radical (unpaired) electrons. The summed E-state index contributed by atoms with van der Waals surface area (Å²) >= 11 is 0. The third kappa shape index (κ3) is 6.43. The molecule has 3 heteroatoms. The van der Waals surface area contributed by atoms with E-state index in [-0.39, 0.29) is 6.04 Å². The normalized spacial score (nSPS) is 24.0. The molecule has 176 valence electrons. The number of benzene rings is 2. The number of ketones is 1. The predicted molar refractivity (Wildman–Crippen MR) is 136 cm³/mol. The lowest BCUT2D eigenvalue weighted by molar-refractivity contribution is -0.124. The third-order valence-electron chi connectivity index (χ3n) is 7.40. The molecule has 1 heterocycles. The average molecular weight is 446 g/mol. The molecule has 0 N–H and O–H groups in total. The Kier molecular flexibility index (Phi) is 8.91. The molecular formula is C30H39NO2. The number of ether oxygens (including phenoxy) is 1. The molecule has 1 saturated heterocycles. The van der Waals surface area contributed by atoms with Crippen molar-refractivity contribution < 1.29 is 9.53 Å². The minimum absolute atomic E-state index is 0.0962. The number of unbranched alkanes of at least 4 members (excludes halogenated alkanes) is 1. The van der Waals surface area contributed by atoms with Crippen LogP contribution >= 0.6 is 0 Å². The number of carbonyl (C=O) groups excluding carboxylic acids is 1. The van der Waals surface area contributed by atoms with E-state index in [9.17, 15) is 4.79 Å². The molecule has 0 bridgehead atoms. The van der Waals surface area contributed by atoms with Gasteiger partial charge in [-0.15, -0.1) is 0 Å². The van der Waals surface area contributed by atoms with E-state index < -0.39 is 0 Å². The first-order valence-corrected chi connectivity index (χ1v) is 12.9. The topological polar surface area (TPSA) is 29.5 Å². The van der Waals surface area contributed by atoms with Gasteiger partial charge in [-0.2, -0.15) is 0 Å². The number of nitrogens with zero attached hydrogens (tertiary/aromatic N) is 1. The van der Waals surface area contributed by atoms with Crippen LogP contribution in [0, 0.1) is 11.8 Å². The first-order chi connectivity index (χ1) is 16.3. The van der Waals surface area contributed by atoms with Crippen LogP contribution in [0.3, 0.4) is 0 Å². The van der Waals surface area contributed by atoms with Crippen molar-refractivity contribution in [1.82, 2.24) is 4.90 Å². The SMILES string of the molecule is CCC/C=C\CC[C@H]1[C@@H](CCc2ccc(-c3ccccc3)cc2)CC(=O)[C@@H]1N1CCOCC1. The lowest BCUT2D eigenvalue weighted by Crippen LogP contribution is -2.48. The summed E-state index contributed by atoms with van der Waals surface area (Å²) in [5, 5.41) is 0. The maximum absolute atomic E-state index is 13.1. The Bertz CT molecular complexity index is 883. The van der Waals surface area contributed by atoms with E-state index in [2.05, 4.69) is 78.6 Å². The summed E-state index contributed by atoms with van der Waals surface area (Å²) in [5.41, 5.74) is 3.90. The fourth-order valence-electron chi connectivity index (χ4n) is 5.60. The molecule has 1 saturated carbocycles. The second-order valence-electron chi connectivity index (χ2n) is 9.63. The number of Topliss-reactive ketones (excluding diaryl/α,β-unsaturated/α-hetero) is 1. The largest absolute Gasteiger partial charge is 0.379 e. The Morgan fingerprint density at radius 3 is 2.33 bits per heavy atom. The fraction of sp³-hybridized carbons (Fsp3) is 0.500. The van der Waals surface area contributed by atoms with Crippen LogP contribution in [-0.4, -0.2) is 43.0 Å². The minimum Gasteiger partial charge on any atom is -0.379 e. The van der Waals surface area contributed by atoms with E-state index >= 15 is 0 Å². The zero-order valence-corrected chi connectivity index (χ0v) is 20.1. The Balaban J connectivity index is 1.40. The molecular weight excluding hydrogens is 406 g/mol. The highest BCUT2D eigenvalue weighted by Crippen LogP contribution is 2.39. The van der Waals surface area contributed by atoms with Crippen LogP contribution in [0.2, 0.25) is 0 Å². The fourth-order valence-corrected chi connectivity index (χ4v) is 5.60. The molecule has 2 aliphatic rings. The molecule has 2 fully saturated rings. The molecule has 3 atom stereocenters. The lowest BCUT2D eigenvalue weighted by Gasteiger charge is -2.36. The Morgan fingerprint density at radius 1 is 0.909 bits per heavy atom. The van der Waals surface area contributed by atoms with Crippen LogP contribution in [0.4, 0.5) is 0 Å². The number of aryl methyl sites for hydroxylation is 1. The number of hydrogen-bond acceptors (Lipinski definition) is 3. The number of hydrogen-bond donors (Lipinski definition) is 0. The zero-order chi connectivity index (χ0) is 22.9. The summed E-state index contributed by atoms with van der Waals surface area (Å²) in [5.74, 6) is 1.41. The summed E-state index contributed by atoms with van der Waals surface area (Å²) in [6, 6.07) is 19.6. The molecule has 0 spiro atoms. The first kappa shape index (κ1) is 23.9. The van der Waals surface area contributed by atoms with E-state index in [1.165, 1.54) is 23.1 Å². The van der Waals surface area contributed by atoms with Gasteiger partial charge in [0.05, 0.1) is 19.3 Å². The minimum atomic E-state index is 0.0962. The molecule has 2 aromatic rings. The molecule has 4 rings (SSSR count). The van der Waals surface area contributed by atoms with Crippen LogP contribution < -0.4 is 0 Å². The van der Waals surface area contributed by atoms with Gasteiger partial charge in [0, 0.05) is 19.5 Å². The molecule has 3 nitrogen and oxygen atoms in total. The van der Waals surface area contributed by atoms with Crippen molar-refractivity contribution in [2.45, 2.75) is 57.9 Å². The van der Waals surface area contributed by atoms with Gasteiger partial charge in [-0.05, 0) is 60.6 Å². The van der Waals surface area contributed by atoms with Gasteiger partial charge in [0.25, 0.3) is 0 Å². The molecule has 1 aliphatic carbocycles. The molecule has 0 aromatic heterocycles. The van der Waals surface area contributed by atoms with Crippen molar-refractivity contribution in [1.29, 1.82) is 0 Å². The van der Waals surface area contributed by atoms with Crippen molar-refractivity contribution in [2.75, 3.05) is 26.3 Å². The van der Waals surface area contributed by atoms with E-state index in [0.717, 1.165) is 64.8 Å². The maximum atomic E-state index is 13.1. The number of allylic oxidation sites excluding steroid dienone is 2. The van der Waals surface area contributed by atoms with Crippen molar-refractivity contribution in [3.8, 4) is 11.1 Å². The van der Waals surface area contributed by atoms with Crippen molar-refractivity contribution >= 4 is 5.78 Å². The van der Waals surface area contributed by atoms with E-state index in [1.54, 1.807) is 0 Å². The summed E-state index contributed by atoms with van der Waals surface area (Å²) in [6.07, 6.45) is 12.1. The van der Waals surface area contributed by atoms with Crippen LogP contribution in [0.15, 0.2) is 66.7 Å². The molecule has 0 amide bonds. The van der Waals surface area contributed by atoms with Gasteiger partial charge >= 0.3 is 0 Å². The van der Waals surface area contributed by atoms with Gasteiger partial charge in [-0.3, -0.25) is 9.69 Å². The van der Waals surface area contributed by atoms with Gasteiger partial charge in [0.2, 0.25) is 0 Å². The number of morpholine rings is 1. The smallest absolute Gasteiger partial charge is 0.150 e. The van der Waals surface area contributed by atoms with Gasteiger partial charge in [0.1, 0.15) is 0 Å². The summed E-state index contributed by atoms with van der Waals surface area (Å²) in [6.45, 7) is 5.52. The first-order valence-electron chi connectivity index (χ1n) is 12.9. The highest BCUT2D eigenvalue weighted by molar-refractivity contribution is 5.87. The summed E-state index contributed by atoms with van der Waals surface area (Å²) in [4.78, 5) is 15.6. The van der Waals surface area contributed by atoms with Crippen LogP contribution in [0.1, 0.15) is 51.0 Å². The van der Waals surface area contributed by atoms with Gasteiger partial charge < -0.3 is 4.74 Å². The zero-order valence-electron chi connectivity index (χ0n) is 20.1. The second-order valence-corrected chi connectivity index (χ2v) is 9.63. The lowest BCUT2D eigenvalue weighted by atomic mass is 9.84. The van der Waals surface area contributed by atoms with Crippen LogP contribution in [0.5, 0.6) is 0 Å². The van der Waals surface area contributed by atoms with Crippen LogP contribution in [-0.2, 0) is 16.0 Å². The third-order valence-corrected chi connectivity index (χ3v) is 7.40. The highest BCUT2D eigenvalue weighted by Gasteiger charge is 2.44. The van der Waals surface area contributed by atoms with Crippen molar-refractivity contribution in [3.63, 3.8) is 0 Å². The van der Waals surface area contributed by atoms with Gasteiger partial charge in [-0.1, -0.05) is 80.1 Å². The molecule has 2 aromatic carbocycles. The molecule has 33 heavy (non-hydrogen) atoms. The van der Waals surface area contributed by atoms with Crippen molar-refractivity contribution in [2.24, 2.45) is 11.8 Å². The Hall–Kier alpha value is -2.23. The van der Waals surface area contributed by atoms with Gasteiger partial charge in [0.15, 0.2) is 5.78 Å². The number of carbonyl (C=O) groups is 1. The maximum Gasteiger partial charge on any atom is 0.150 e. The Morgan fingerprint density at radius 2 is 1.61 bits per heavy atom. The van der Waals surface area contributed by atoms with Crippen molar-refractivity contribution in [3.05, 3.63) is 72.3 Å².